The van der Waals surface area contributed by atoms with Crippen LogP contribution in [0, 0.1) is 11.7 Å². The smallest absolute Gasteiger partial charge is 0.124 e. The Morgan fingerprint density at radius 1 is 1.24 bits per heavy atom. The van der Waals surface area contributed by atoms with Crippen LogP contribution in [0.1, 0.15) is 31.2 Å². The molecule has 1 aromatic rings. The average molecular weight is 298 g/mol. The van der Waals surface area contributed by atoms with Crippen LogP contribution in [0.25, 0.3) is 0 Å². The lowest BCUT2D eigenvalue weighted by molar-refractivity contribution is 0.243. The zero-order valence-corrected chi connectivity index (χ0v) is 11.4. The van der Waals surface area contributed by atoms with E-state index in [0.717, 1.165) is 23.0 Å². The quantitative estimate of drug-likeness (QED) is 0.795. The Morgan fingerprint density at radius 3 is 2.59 bits per heavy atom. The monoisotopic (exact) mass is 297 g/mol. The van der Waals surface area contributed by atoms with Crippen LogP contribution in [0.15, 0.2) is 22.7 Å². The number of nitrogens with zero attached hydrogens (tertiary/aromatic N) is 1. The van der Waals surface area contributed by atoms with Crippen LogP contribution in [0.4, 0.5) is 4.39 Å². The maximum Gasteiger partial charge on any atom is 0.124 e. The van der Waals surface area contributed by atoms with Crippen molar-refractivity contribution < 1.29 is 4.39 Å². The van der Waals surface area contributed by atoms with E-state index in [1.54, 1.807) is 12.1 Å². The summed E-state index contributed by atoms with van der Waals surface area (Å²) in [6.07, 6.45) is 5.47. The molecule has 0 radical (unpaired) electrons. The van der Waals surface area contributed by atoms with E-state index in [-0.39, 0.29) is 5.82 Å². The molecule has 3 heteroatoms. The van der Waals surface area contributed by atoms with E-state index in [0.29, 0.717) is 0 Å². The Kier molecular flexibility index (Phi) is 3.22. The minimum absolute atomic E-state index is 0.166. The molecule has 2 aliphatic carbocycles. The SMILES string of the molecule is Fc1ccc(CN(CC2CC2)C2CC2)c(Br)c1. The summed E-state index contributed by atoms with van der Waals surface area (Å²) in [6, 6.07) is 5.81. The summed E-state index contributed by atoms with van der Waals surface area (Å²) in [5, 5.41) is 0. The third-order valence-electron chi connectivity index (χ3n) is 3.64. The predicted molar refractivity (Wildman–Crippen MR) is 70.3 cm³/mol. The largest absolute Gasteiger partial charge is 0.296 e. The number of benzene rings is 1. The molecule has 3 rings (SSSR count). The number of hydrogen-bond donors (Lipinski definition) is 0. The minimum atomic E-state index is -0.166. The molecule has 2 aliphatic rings. The summed E-state index contributed by atoms with van der Waals surface area (Å²) in [4.78, 5) is 2.58. The third-order valence-corrected chi connectivity index (χ3v) is 4.38. The van der Waals surface area contributed by atoms with Gasteiger partial charge in [-0.3, -0.25) is 4.90 Å². The summed E-state index contributed by atoms with van der Waals surface area (Å²) < 4.78 is 13.9. The molecule has 0 heterocycles. The maximum atomic E-state index is 13.0. The molecule has 1 aromatic carbocycles. The van der Waals surface area contributed by atoms with Crippen LogP contribution in [-0.4, -0.2) is 17.5 Å². The van der Waals surface area contributed by atoms with Crippen molar-refractivity contribution in [1.82, 2.24) is 4.90 Å². The molecule has 0 spiro atoms. The molecule has 0 aliphatic heterocycles. The predicted octanol–water partition coefficient (Wildman–Crippen LogP) is 3.96. The second kappa shape index (κ2) is 4.69. The number of rotatable bonds is 5. The average Bonchev–Trinajstić information content (AvgIpc) is 3.14. The van der Waals surface area contributed by atoms with Crippen molar-refractivity contribution in [2.24, 2.45) is 5.92 Å². The molecule has 0 aromatic heterocycles. The Morgan fingerprint density at radius 2 is 2.00 bits per heavy atom. The first-order valence-electron chi connectivity index (χ1n) is 6.40. The highest BCUT2D eigenvalue weighted by Gasteiger charge is 2.33. The molecule has 0 N–H and O–H groups in total. The van der Waals surface area contributed by atoms with Crippen LogP contribution in [0.3, 0.4) is 0 Å². The normalized spacial score (nSPS) is 19.9. The molecule has 1 nitrogen and oxygen atoms in total. The highest BCUT2D eigenvalue weighted by atomic mass is 79.9. The maximum absolute atomic E-state index is 13.0. The topological polar surface area (TPSA) is 3.24 Å². The van der Waals surface area contributed by atoms with E-state index in [4.69, 9.17) is 0 Å². The molecule has 0 unspecified atom stereocenters. The highest BCUT2D eigenvalue weighted by molar-refractivity contribution is 9.10. The fraction of sp³-hybridized carbons (Fsp3) is 0.571. The van der Waals surface area contributed by atoms with Crippen molar-refractivity contribution in [3.8, 4) is 0 Å². The van der Waals surface area contributed by atoms with E-state index in [9.17, 15) is 4.39 Å². The van der Waals surface area contributed by atoms with Crippen LogP contribution in [0.5, 0.6) is 0 Å². The second-order valence-electron chi connectivity index (χ2n) is 5.34. The fourth-order valence-corrected chi connectivity index (χ4v) is 2.76. The summed E-state index contributed by atoms with van der Waals surface area (Å²) in [6.45, 7) is 2.19. The summed E-state index contributed by atoms with van der Waals surface area (Å²) >= 11 is 3.46. The van der Waals surface area contributed by atoms with Gasteiger partial charge in [0.25, 0.3) is 0 Å². The van der Waals surface area contributed by atoms with Gasteiger partial charge in [-0.25, -0.2) is 4.39 Å². The van der Waals surface area contributed by atoms with Gasteiger partial charge in [0, 0.05) is 23.6 Å². The lowest BCUT2D eigenvalue weighted by Gasteiger charge is -2.22. The van der Waals surface area contributed by atoms with E-state index in [2.05, 4.69) is 20.8 Å². The summed E-state index contributed by atoms with van der Waals surface area (Å²) in [5.74, 6) is 0.760. The van der Waals surface area contributed by atoms with Crippen molar-refractivity contribution in [2.75, 3.05) is 6.54 Å². The van der Waals surface area contributed by atoms with E-state index in [1.807, 2.05) is 6.07 Å². The number of hydrogen-bond acceptors (Lipinski definition) is 1. The van der Waals surface area contributed by atoms with Gasteiger partial charge in [0.15, 0.2) is 0 Å². The van der Waals surface area contributed by atoms with Crippen LogP contribution in [-0.2, 0) is 6.54 Å². The zero-order chi connectivity index (χ0) is 11.8. The molecule has 0 amide bonds. The zero-order valence-electron chi connectivity index (χ0n) is 9.83. The molecular formula is C14H17BrFN. The lowest BCUT2D eigenvalue weighted by atomic mass is 10.2. The fourth-order valence-electron chi connectivity index (χ4n) is 2.28. The second-order valence-corrected chi connectivity index (χ2v) is 6.19. The molecule has 0 atom stereocenters. The molecule has 2 saturated carbocycles. The Labute approximate surface area is 110 Å². The molecule has 0 saturated heterocycles. The Balaban J connectivity index is 1.69. The van der Waals surface area contributed by atoms with E-state index >= 15 is 0 Å². The van der Waals surface area contributed by atoms with Gasteiger partial charge >= 0.3 is 0 Å². The third kappa shape index (κ3) is 3.08. The van der Waals surface area contributed by atoms with Gasteiger partial charge in [-0.15, -0.1) is 0 Å². The van der Waals surface area contributed by atoms with E-state index < -0.39 is 0 Å². The van der Waals surface area contributed by atoms with Gasteiger partial charge in [0.2, 0.25) is 0 Å². The van der Waals surface area contributed by atoms with Gasteiger partial charge in [-0.1, -0.05) is 22.0 Å². The molecule has 92 valence electrons. The first-order chi connectivity index (χ1) is 8.22. The van der Waals surface area contributed by atoms with Crippen molar-refractivity contribution in [3.05, 3.63) is 34.1 Å². The van der Waals surface area contributed by atoms with E-state index in [1.165, 1.54) is 37.8 Å². The summed E-state index contributed by atoms with van der Waals surface area (Å²) in [5.41, 5.74) is 1.21. The molecule has 17 heavy (non-hydrogen) atoms. The van der Waals surface area contributed by atoms with Crippen molar-refractivity contribution >= 4 is 15.9 Å². The van der Waals surface area contributed by atoms with Gasteiger partial charge in [-0.2, -0.15) is 0 Å². The van der Waals surface area contributed by atoms with Crippen LogP contribution < -0.4 is 0 Å². The van der Waals surface area contributed by atoms with Gasteiger partial charge in [0.1, 0.15) is 5.82 Å². The molecule has 0 bridgehead atoms. The van der Waals surface area contributed by atoms with Crippen molar-refractivity contribution in [3.63, 3.8) is 0 Å². The lowest BCUT2D eigenvalue weighted by Crippen LogP contribution is -2.28. The van der Waals surface area contributed by atoms with Gasteiger partial charge in [0.05, 0.1) is 0 Å². The number of halogens is 2. The Hall–Kier alpha value is -0.410. The standard InChI is InChI=1S/C14H17BrFN/c15-14-7-12(16)4-3-11(14)9-17(13-5-6-13)8-10-1-2-10/h3-4,7,10,13H,1-2,5-6,8-9H2. The van der Waals surface area contributed by atoms with Gasteiger partial charge in [-0.05, 0) is 49.3 Å². The summed E-state index contributed by atoms with van der Waals surface area (Å²) in [7, 11) is 0. The highest BCUT2D eigenvalue weighted by Crippen LogP contribution is 2.36. The van der Waals surface area contributed by atoms with Crippen LogP contribution in [0.2, 0.25) is 0 Å². The minimum Gasteiger partial charge on any atom is -0.296 e. The first-order valence-corrected chi connectivity index (χ1v) is 7.19. The van der Waals surface area contributed by atoms with Gasteiger partial charge < -0.3 is 0 Å². The van der Waals surface area contributed by atoms with Crippen molar-refractivity contribution in [2.45, 2.75) is 38.3 Å². The van der Waals surface area contributed by atoms with Crippen LogP contribution >= 0.6 is 15.9 Å². The Bertz CT molecular complexity index is 413. The molecular weight excluding hydrogens is 281 g/mol. The van der Waals surface area contributed by atoms with Crippen molar-refractivity contribution in [1.29, 1.82) is 0 Å². The molecule has 2 fully saturated rings. The first kappa shape index (κ1) is 11.7.